The molecule has 0 saturated heterocycles. The van der Waals surface area contributed by atoms with Gasteiger partial charge in [0.2, 0.25) is 0 Å². The molecule has 0 aliphatic carbocycles. The lowest BCUT2D eigenvalue weighted by Crippen LogP contribution is -2.35. The van der Waals surface area contributed by atoms with Crippen LogP contribution in [0, 0.1) is 0 Å². The van der Waals surface area contributed by atoms with Gasteiger partial charge in [-0.3, -0.25) is 0 Å². The minimum absolute atomic E-state index is 0.0981. The second-order valence-electron chi connectivity index (χ2n) is 5.65. The molecule has 1 rings (SSSR count). The van der Waals surface area contributed by atoms with E-state index in [2.05, 4.69) is 39.1 Å². The minimum Gasteiger partial charge on any atom is -0.493 e. The van der Waals surface area contributed by atoms with Gasteiger partial charge in [0.1, 0.15) is 11.5 Å². The average Bonchev–Trinajstić information content (AvgIpc) is 2.34. The monoisotopic (exact) mass is 265 g/mol. The molecule has 1 N–H and O–H groups in total. The average molecular weight is 265 g/mol. The summed E-state index contributed by atoms with van der Waals surface area (Å²) in [4.78, 5) is 0. The van der Waals surface area contributed by atoms with Crippen molar-refractivity contribution >= 4 is 0 Å². The maximum absolute atomic E-state index is 5.70. The maximum atomic E-state index is 5.70. The Morgan fingerprint density at radius 2 is 1.84 bits per heavy atom. The molecule has 0 heterocycles. The smallest absolute Gasteiger partial charge is 0.127 e. The number of nitrogens with one attached hydrogen (secondary N) is 1. The molecule has 0 atom stereocenters. The zero-order valence-electron chi connectivity index (χ0n) is 12.9. The molecule has 0 radical (unpaired) electrons. The van der Waals surface area contributed by atoms with Crippen LogP contribution in [0.25, 0.3) is 0 Å². The molecule has 0 spiro atoms. The van der Waals surface area contributed by atoms with Gasteiger partial charge in [-0.2, -0.15) is 0 Å². The van der Waals surface area contributed by atoms with Crippen LogP contribution < -0.4 is 14.8 Å². The van der Waals surface area contributed by atoms with Crippen LogP contribution >= 0.6 is 0 Å². The van der Waals surface area contributed by atoms with Crippen LogP contribution in [0.5, 0.6) is 11.5 Å². The number of hydrogen-bond donors (Lipinski definition) is 1. The molecule has 3 nitrogen and oxygen atoms in total. The molecule has 0 saturated carbocycles. The van der Waals surface area contributed by atoms with Gasteiger partial charge in [-0.05, 0) is 40.2 Å². The molecule has 0 bridgehead atoms. The van der Waals surface area contributed by atoms with Crippen molar-refractivity contribution in [2.45, 2.75) is 53.1 Å². The lowest BCUT2D eigenvalue weighted by molar-refractivity contribution is 0.306. The molecule has 0 fully saturated rings. The van der Waals surface area contributed by atoms with Crippen LogP contribution in [0.4, 0.5) is 0 Å². The van der Waals surface area contributed by atoms with Gasteiger partial charge < -0.3 is 14.8 Å². The highest BCUT2D eigenvalue weighted by atomic mass is 16.5. The quantitative estimate of drug-likeness (QED) is 0.814. The summed E-state index contributed by atoms with van der Waals surface area (Å²) in [5, 5.41) is 3.48. The second-order valence-corrected chi connectivity index (χ2v) is 5.65. The highest BCUT2D eigenvalue weighted by Crippen LogP contribution is 2.25. The van der Waals surface area contributed by atoms with Gasteiger partial charge in [0.05, 0.1) is 13.2 Å². The standard InChI is InChI=1S/C16H27NO2/c1-6-10-19-14-9-8-13(12-17-16(3,4)5)15(11-14)18-7-2/h8-9,11,17H,6-7,10,12H2,1-5H3. The van der Waals surface area contributed by atoms with Crippen molar-refractivity contribution in [3.63, 3.8) is 0 Å². The van der Waals surface area contributed by atoms with Crippen LogP contribution in [0.1, 0.15) is 46.6 Å². The summed E-state index contributed by atoms with van der Waals surface area (Å²) < 4.78 is 11.3. The molecule has 0 aliphatic rings. The van der Waals surface area contributed by atoms with E-state index in [1.807, 2.05) is 19.1 Å². The van der Waals surface area contributed by atoms with Gasteiger partial charge in [0.15, 0.2) is 0 Å². The van der Waals surface area contributed by atoms with Crippen LogP contribution in [0.15, 0.2) is 18.2 Å². The van der Waals surface area contributed by atoms with E-state index in [1.54, 1.807) is 0 Å². The molecule has 0 aromatic heterocycles. The Morgan fingerprint density at radius 3 is 2.42 bits per heavy atom. The van der Waals surface area contributed by atoms with Crippen LogP contribution in [0.3, 0.4) is 0 Å². The van der Waals surface area contributed by atoms with E-state index in [9.17, 15) is 0 Å². The van der Waals surface area contributed by atoms with Crippen LogP contribution in [-0.2, 0) is 6.54 Å². The highest BCUT2D eigenvalue weighted by Gasteiger charge is 2.11. The van der Waals surface area contributed by atoms with Gasteiger partial charge in [0.25, 0.3) is 0 Å². The largest absolute Gasteiger partial charge is 0.493 e. The molecule has 3 heteroatoms. The van der Waals surface area contributed by atoms with E-state index in [-0.39, 0.29) is 5.54 Å². The fourth-order valence-corrected chi connectivity index (χ4v) is 1.64. The summed E-state index contributed by atoms with van der Waals surface area (Å²) in [6.45, 7) is 12.8. The van der Waals surface area contributed by atoms with Crippen molar-refractivity contribution in [2.24, 2.45) is 0 Å². The second kappa shape index (κ2) is 7.39. The van der Waals surface area contributed by atoms with Gasteiger partial charge in [-0.1, -0.05) is 13.0 Å². The molecule has 1 aromatic rings. The van der Waals surface area contributed by atoms with E-state index in [4.69, 9.17) is 9.47 Å². The first-order chi connectivity index (χ1) is 8.96. The van der Waals surface area contributed by atoms with Crippen LogP contribution in [0.2, 0.25) is 0 Å². The number of ether oxygens (including phenoxy) is 2. The fraction of sp³-hybridized carbons (Fsp3) is 0.625. The van der Waals surface area contributed by atoms with Crippen molar-refractivity contribution in [1.29, 1.82) is 0 Å². The van der Waals surface area contributed by atoms with Crippen molar-refractivity contribution in [3.8, 4) is 11.5 Å². The van der Waals surface area contributed by atoms with Gasteiger partial charge >= 0.3 is 0 Å². The summed E-state index contributed by atoms with van der Waals surface area (Å²) >= 11 is 0. The Kier molecular flexibility index (Phi) is 6.16. The fourth-order valence-electron chi connectivity index (χ4n) is 1.64. The Bertz CT molecular complexity index is 383. The normalized spacial score (nSPS) is 11.4. The third-order valence-electron chi connectivity index (χ3n) is 2.62. The van der Waals surface area contributed by atoms with E-state index in [1.165, 1.54) is 5.56 Å². The van der Waals surface area contributed by atoms with E-state index < -0.39 is 0 Å². The summed E-state index contributed by atoms with van der Waals surface area (Å²) in [6.07, 6.45) is 1.01. The third-order valence-corrected chi connectivity index (χ3v) is 2.62. The van der Waals surface area contributed by atoms with E-state index >= 15 is 0 Å². The zero-order chi connectivity index (χ0) is 14.3. The topological polar surface area (TPSA) is 30.5 Å². The minimum atomic E-state index is 0.0981. The molecular weight excluding hydrogens is 238 g/mol. The van der Waals surface area contributed by atoms with Crippen LogP contribution in [-0.4, -0.2) is 18.8 Å². The Labute approximate surface area is 117 Å². The Hall–Kier alpha value is -1.22. The number of benzene rings is 1. The van der Waals surface area contributed by atoms with Crippen molar-refractivity contribution in [2.75, 3.05) is 13.2 Å². The first-order valence-corrected chi connectivity index (χ1v) is 7.09. The van der Waals surface area contributed by atoms with E-state index in [0.717, 1.165) is 31.1 Å². The summed E-state index contributed by atoms with van der Waals surface area (Å²) in [5.74, 6) is 1.79. The van der Waals surface area contributed by atoms with Gasteiger partial charge in [0, 0.05) is 23.7 Å². The number of hydrogen-bond acceptors (Lipinski definition) is 3. The SMILES string of the molecule is CCCOc1ccc(CNC(C)(C)C)c(OCC)c1. The molecule has 0 aliphatic heterocycles. The Balaban J connectivity index is 2.78. The van der Waals surface area contributed by atoms with Crippen molar-refractivity contribution in [1.82, 2.24) is 5.32 Å². The molecule has 0 amide bonds. The summed E-state index contributed by atoms with van der Waals surface area (Å²) in [6, 6.07) is 6.07. The first-order valence-electron chi connectivity index (χ1n) is 7.09. The summed E-state index contributed by atoms with van der Waals surface area (Å²) in [7, 11) is 0. The predicted molar refractivity (Wildman–Crippen MR) is 80.0 cm³/mol. The van der Waals surface area contributed by atoms with Crippen molar-refractivity contribution in [3.05, 3.63) is 23.8 Å². The van der Waals surface area contributed by atoms with Gasteiger partial charge in [-0.15, -0.1) is 0 Å². The van der Waals surface area contributed by atoms with Gasteiger partial charge in [-0.25, -0.2) is 0 Å². The maximum Gasteiger partial charge on any atom is 0.127 e. The lowest BCUT2D eigenvalue weighted by atomic mass is 10.1. The third kappa shape index (κ3) is 5.97. The Morgan fingerprint density at radius 1 is 1.11 bits per heavy atom. The lowest BCUT2D eigenvalue weighted by Gasteiger charge is -2.22. The summed E-state index contributed by atoms with van der Waals surface area (Å²) in [5.41, 5.74) is 1.27. The molecule has 19 heavy (non-hydrogen) atoms. The number of rotatable bonds is 7. The zero-order valence-corrected chi connectivity index (χ0v) is 12.9. The highest BCUT2D eigenvalue weighted by molar-refractivity contribution is 5.40. The predicted octanol–water partition coefficient (Wildman–Crippen LogP) is 3.76. The molecule has 0 unspecified atom stereocenters. The molecule has 1 aromatic carbocycles. The van der Waals surface area contributed by atoms with Crippen molar-refractivity contribution < 1.29 is 9.47 Å². The van der Waals surface area contributed by atoms with E-state index in [0.29, 0.717) is 6.61 Å². The molecule has 108 valence electrons. The first kappa shape index (κ1) is 15.8. The molecular formula is C16H27NO2.